The van der Waals surface area contributed by atoms with E-state index >= 15 is 0 Å². The third-order valence-corrected chi connectivity index (χ3v) is 9.35. The van der Waals surface area contributed by atoms with Crippen LogP contribution in [0.25, 0.3) is 0 Å². The number of hydrogen-bond donors (Lipinski definition) is 2. The summed E-state index contributed by atoms with van der Waals surface area (Å²) < 4.78 is 14.5. The molecule has 196 valence electrons. The van der Waals surface area contributed by atoms with Crippen LogP contribution in [0.1, 0.15) is 29.1 Å². The van der Waals surface area contributed by atoms with Gasteiger partial charge in [-0.05, 0) is 19.3 Å². The van der Waals surface area contributed by atoms with Crippen molar-refractivity contribution in [2.24, 2.45) is 5.16 Å². The molecule has 5 rings (SSSR count). The lowest BCUT2D eigenvalue weighted by atomic mass is 10.0. The number of carbonyl (C=O) groups is 3. The van der Waals surface area contributed by atoms with Gasteiger partial charge in [0.25, 0.3) is 11.8 Å². The van der Waals surface area contributed by atoms with Crippen LogP contribution >= 0.6 is 34.4 Å². The zero-order chi connectivity index (χ0) is 26.1. The van der Waals surface area contributed by atoms with Crippen LogP contribution in [-0.4, -0.2) is 63.8 Å². The summed E-state index contributed by atoms with van der Waals surface area (Å²) in [6.45, 7) is -0.804. The summed E-state index contributed by atoms with van der Waals surface area (Å²) in [6.07, 6.45) is 4.22. The Hall–Kier alpha value is -3.04. The molecule has 1 fully saturated rings. The van der Waals surface area contributed by atoms with Crippen molar-refractivity contribution in [1.29, 1.82) is 0 Å². The van der Waals surface area contributed by atoms with Crippen molar-refractivity contribution >= 4 is 63.1 Å². The number of aliphatic carboxylic acids is 1. The Labute approximate surface area is 223 Å². The van der Waals surface area contributed by atoms with Crippen LogP contribution < -0.4 is 20.7 Å². The second-order valence-electron chi connectivity index (χ2n) is 8.56. The summed E-state index contributed by atoms with van der Waals surface area (Å²) >= 11 is 4.11. The van der Waals surface area contributed by atoms with Crippen molar-refractivity contribution in [1.82, 2.24) is 15.2 Å². The molecule has 0 aromatic carbocycles. The fraction of sp³-hybridized carbons (Fsp3) is 0.455. The molecule has 0 bridgehead atoms. The number of nitrogens with zero attached hydrogens (tertiary/aromatic N) is 4. The van der Waals surface area contributed by atoms with Crippen molar-refractivity contribution in [2.45, 2.75) is 43.6 Å². The van der Waals surface area contributed by atoms with Gasteiger partial charge in [-0.1, -0.05) is 16.5 Å². The molecule has 0 saturated carbocycles. The second kappa shape index (κ2) is 10.8. The van der Waals surface area contributed by atoms with E-state index in [1.165, 1.54) is 32.6 Å². The summed E-state index contributed by atoms with van der Waals surface area (Å²) in [5, 5.41) is 19.5. The Morgan fingerprint density at radius 1 is 1.35 bits per heavy atom. The van der Waals surface area contributed by atoms with Gasteiger partial charge in [-0.2, -0.15) is 4.57 Å². The van der Waals surface area contributed by atoms with Crippen molar-refractivity contribution in [2.75, 3.05) is 24.8 Å². The van der Waals surface area contributed by atoms with Crippen LogP contribution in [0.15, 0.2) is 27.3 Å². The molecule has 2 aromatic rings. The fourth-order valence-electron chi connectivity index (χ4n) is 4.57. The highest BCUT2D eigenvalue weighted by Gasteiger charge is 2.53. The minimum atomic E-state index is -1.43. The Balaban J connectivity index is 1.34. The highest BCUT2D eigenvalue weighted by molar-refractivity contribution is 8.00. The van der Waals surface area contributed by atoms with E-state index in [0.717, 1.165) is 37.0 Å². The number of carbonyl (C=O) groups excluding carboxylic acids is 3. The number of oxime groups is 1. The van der Waals surface area contributed by atoms with Crippen LogP contribution in [0.2, 0.25) is 0 Å². The number of amides is 2. The smallest absolute Gasteiger partial charge is 0.276 e. The van der Waals surface area contributed by atoms with Crippen LogP contribution in [-0.2, 0) is 38.6 Å². The summed E-state index contributed by atoms with van der Waals surface area (Å²) in [7, 11) is 0. The van der Waals surface area contributed by atoms with E-state index in [-0.39, 0.29) is 28.8 Å². The number of carboxylic acid groups (broad SMARTS) is 1. The molecule has 2 amide bonds. The van der Waals surface area contributed by atoms with Crippen molar-refractivity contribution in [3.8, 4) is 0 Å². The van der Waals surface area contributed by atoms with Gasteiger partial charge in [0.15, 0.2) is 23.1 Å². The molecule has 1 saturated heterocycles. The van der Waals surface area contributed by atoms with Crippen molar-refractivity contribution in [3.63, 3.8) is 0 Å². The molecule has 0 radical (unpaired) electrons. The maximum Gasteiger partial charge on any atom is 0.276 e. The number of aromatic nitrogens is 2. The number of hydrogen-bond acceptors (Lipinski definition) is 11. The van der Waals surface area contributed by atoms with Gasteiger partial charge in [0.1, 0.15) is 30.4 Å². The number of fused-ring (bicyclic) bond motifs is 2. The van der Waals surface area contributed by atoms with E-state index in [2.05, 4.69) is 20.0 Å². The molecule has 2 aromatic heterocycles. The largest absolute Gasteiger partial charge is 0.543 e. The highest BCUT2D eigenvalue weighted by Crippen LogP contribution is 2.40. The summed E-state index contributed by atoms with van der Waals surface area (Å²) in [4.78, 5) is 49.5. The van der Waals surface area contributed by atoms with Gasteiger partial charge < -0.3 is 25.8 Å². The predicted molar refractivity (Wildman–Crippen MR) is 133 cm³/mol. The summed E-state index contributed by atoms with van der Waals surface area (Å²) in [5.74, 6) is -2.40. The first-order valence-electron chi connectivity index (χ1n) is 11.5. The molecule has 4 heterocycles. The van der Waals surface area contributed by atoms with E-state index < -0.39 is 35.9 Å². The Morgan fingerprint density at radius 3 is 2.89 bits per heavy atom. The molecule has 3 N–H and O–H groups in total. The SMILES string of the molecule is Nc1nc(/C(=N/OCCF)C(=O)N[C@@H]2C(=O)N3C(C(=O)[O-])=C(C[n+]4csc5c4CCCC5)CS[C@@H]23)cs1. The number of β-lactam (4-membered cyclic amide) rings is 1. The molecule has 15 heteroatoms. The van der Waals surface area contributed by atoms with E-state index in [0.29, 0.717) is 17.9 Å². The maximum absolute atomic E-state index is 13.1. The molecule has 37 heavy (non-hydrogen) atoms. The molecule has 2 atom stereocenters. The lowest BCUT2D eigenvalue weighted by Crippen LogP contribution is -2.71. The average Bonchev–Trinajstić information content (AvgIpc) is 3.50. The van der Waals surface area contributed by atoms with Gasteiger partial charge in [0, 0.05) is 23.1 Å². The van der Waals surface area contributed by atoms with Gasteiger partial charge in [-0.3, -0.25) is 14.5 Å². The average molecular weight is 567 g/mol. The van der Waals surface area contributed by atoms with Gasteiger partial charge in [0.2, 0.25) is 5.51 Å². The number of carboxylic acids is 1. The molecule has 0 spiro atoms. The molecule has 2 aliphatic heterocycles. The molecular weight excluding hydrogens is 543 g/mol. The van der Waals surface area contributed by atoms with Gasteiger partial charge in [0.05, 0.1) is 16.5 Å². The van der Waals surface area contributed by atoms with Crippen molar-refractivity contribution < 1.29 is 33.3 Å². The molecule has 1 aliphatic carbocycles. The highest BCUT2D eigenvalue weighted by atomic mass is 32.2. The number of aryl methyl sites for hydroxylation is 1. The van der Waals surface area contributed by atoms with Crippen molar-refractivity contribution in [3.05, 3.63) is 38.4 Å². The maximum atomic E-state index is 13.1. The number of rotatable bonds is 9. The minimum absolute atomic E-state index is 0.118. The topological polar surface area (TPSA) is 154 Å². The van der Waals surface area contributed by atoms with E-state index in [1.54, 1.807) is 11.3 Å². The minimum Gasteiger partial charge on any atom is -0.543 e. The zero-order valence-corrected chi connectivity index (χ0v) is 21.9. The number of nitrogen functional groups attached to an aromatic ring is 1. The fourth-order valence-corrected chi connectivity index (χ4v) is 7.53. The number of anilines is 1. The van der Waals surface area contributed by atoms with Gasteiger partial charge >= 0.3 is 0 Å². The molecule has 0 unspecified atom stereocenters. The molecular formula is C22H23FN6O5S3. The van der Waals surface area contributed by atoms with Crippen LogP contribution in [0, 0.1) is 0 Å². The van der Waals surface area contributed by atoms with Crippen LogP contribution in [0.3, 0.4) is 0 Å². The lowest BCUT2D eigenvalue weighted by molar-refractivity contribution is -0.692. The first-order chi connectivity index (χ1) is 17.9. The predicted octanol–water partition coefficient (Wildman–Crippen LogP) is -0.253. The Bertz CT molecular complexity index is 1310. The number of thioether (sulfide) groups is 1. The second-order valence-corrected chi connectivity index (χ2v) is 11.5. The number of alkyl halides is 1. The summed E-state index contributed by atoms with van der Waals surface area (Å²) in [6, 6.07) is -0.989. The van der Waals surface area contributed by atoms with Gasteiger partial charge in [-0.15, -0.1) is 23.1 Å². The molecule has 3 aliphatic rings. The Kier molecular flexibility index (Phi) is 7.44. The number of halogens is 1. The normalized spacial score (nSPS) is 21.3. The van der Waals surface area contributed by atoms with Crippen LogP contribution in [0.5, 0.6) is 0 Å². The lowest BCUT2D eigenvalue weighted by Gasteiger charge is -2.50. The van der Waals surface area contributed by atoms with Gasteiger partial charge in [-0.25, -0.2) is 9.37 Å². The number of thiazole rings is 2. The number of nitrogens with one attached hydrogen (secondary N) is 1. The number of nitrogens with two attached hydrogens (primary N) is 1. The first kappa shape index (κ1) is 25.6. The van der Waals surface area contributed by atoms with Crippen LogP contribution in [0.4, 0.5) is 9.52 Å². The summed E-state index contributed by atoms with van der Waals surface area (Å²) in [5.41, 5.74) is 9.18. The monoisotopic (exact) mass is 566 g/mol. The Morgan fingerprint density at radius 2 is 2.16 bits per heavy atom. The zero-order valence-electron chi connectivity index (χ0n) is 19.5. The first-order valence-corrected chi connectivity index (χ1v) is 14.3. The third-order valence-electron chi connectivity index (χ3n) is 6.25. The standard InChI is InChI=1S/C22H23FN6O5S3/c23-5-6-34-27-15(12-9-36-22(24)25-12)18(30)26-16-19(31)29-17(21(32)33)11(8-35-20(16)29)7-28-10-37-14-4-2-1-3-13(14)28/h9-10,16,20H,1-8H2,(H3-,24,25,26,30,32,33)/b27-15-/t16-,20+/m1/s1. The third kappa shape index (κ3) is 4.94. The van der Waals surface area contributed by atoms with E-state index in [9.17, 15) is 23.9 Å². The van der Waals surface area contributed by atoms with E-state index in [1.807, 2.05) is 5.51 Å². The quantitative estimate of drug-likeness (QED) is 0.138. The van der Waals surface area contributed by atoms with E-state index in [4.69, 9.17) is 10.6 Å². The molecule has 11 nitrogen and oxygen atoms in total.